The second-order valence-electron chi connectivity index (χ2n) is 3.69. The summed E-state index contributed by atoms with van der Waals surface area (Å²) in [5, 5.41) is 13.9. The molecular formula is C11H8BrFN4S. The standard InChI is InChI=1S/C11H8BrFN4S/c12-5-7-6-18-11-15-14-10(17(11)16-7)8-3-1-2-4-9(8)13/h1-4H,5-6H2. The van der Waals surface area contributed by atoms with Crippen molar-refractivity contribution in [1.29, 1.82) is 0 Å². The number of thioether (sulfide) groups is 1. The van der Waals surface area contributed by atoms with Gasteiger partial charge in [0.25, 0.3) is 0 Å². The fourth-order valence-electron chi connectivity index (χ4n) is 1.64. The zero-order valence-corrected chi connectivity index (χ0v) is 11.6. The van der Waals surface area contributed by atoms with Crippen LogP contribution in [0.4, 0.5) is 4.39 Å². The van der Waals surface area contributed by atoms with Crippen LogP contribution in [0.5, 0.6) is 0 Å². The van der Waals surface area contributed by atoms with Crippen molar-refractivity contribution >= 4 is 33.4 Å². The zero-order chi connectivity index (χ0) is 12.5. The molecular weight excluding hydrogens is 319 g/mol. The fraction of sp³-hybridized carbons (Fsp3) is 0.182. The Balaban J connectivity index is 2.14. The molecule has 0 radical (unpaired) electrons. The van der Waals surface area contributed by atoms with Crippen LogP contribution in [0.1, 0.15) is 0 Å². The molecule has 92 valence electrons. The first kappa shape index (κ1) is 11.9. The first-order chi connectivity index (χ1) is 8.79. The van der Waals surface area contributed by atoms with Crippen molar-refractivity contribution < 1.29 is 4.39 Å². The van der Waals surface area contributed by atoms with E-state index in [4.69, 9.17) is 0 Å². The third-order valence-electron chi connectivity index (χ3n) is 2.49. The van der Waals surface area contributed by atoms with Gasteiger partial charge in [0.15, 0.2) is 5.82 Å². The number of fused-ring (bicyclic) bond motifs is 1. The Labute approximate surface area is 115 Å². The molecule has 3 rings (SSSR count). The van der Waals surface area contributed by atoms with Gasteiger partial charge in [-0.25, -0.2) is 4.39 Å². The largest absolute Gasteiger partial charge is 0.212 e. The maximum Gasteiger partial charge on any atom is 0.212 e. The lowest BCUT2D eigenvalue weighted by Gasteiger charge is -2.11. The topological polar surface area (TPSA) is 43.1 Å². The molecule has 1 aromatic carbocycles. The molecule has 1 aliphatic heterocycles. The first-order valence-electron chi connectivity index (χ1n) is 5.25. The number of benzene rings is 1. The lowest BCUT2D eigenvalue weighted by molar-refractivity contribution is 0.627. The highest BCUT2D eigenvalue weighted by molar-refractivity contribution is 9.09. The second-order valence-corrected chi connectivity index (χ2v) is 5.19. The number of rotatable bonds is 2. The van der Waals surface area contributed by atoms with Gasteiger partial charge in [-0.3, -0.25) is 0 Å². The van der Waals surface area contributed by atoms with Gasteiger partial charge >= 0.3 is 0 Å². The average Bonchev–Trinajstić information content (AvgIpc) is 2.82. The van der Waals surface area contributed by atoms with E-state index in [0.29, 0.717) is 21.9 Å². The third kappa shape index (κ3) is 1.97. The van der Waals surface area contributed by atoms with Gasteiger partial charge in [0, 0.05) is 11.1 Å². The number of aromatic nitrogens is 3. The summed E-state index contributed by atoms with van der Waals surface area (Å²) in [6.07, 6.45) is 0. The molecule has 0 saturated heterocycles. The Kier molecular flexibility index (Phi) is 3.17. The smallest absolute Gasteiger partial charge is 0.206 e. The highest BCUT2D eigenvalue weighted by Gasteiger charge is 2.20. The van der Waals surface area contributed by atoms with Gasteiger partial charge in [0.2, 0.25) is 5.16 Å². The summed E-state index contributed by atoms with van der Waals surface area (Å²) >= 11 is 4.92. The molecule has 4 nitrogen and oxygen atoms in total. The molecule has 0 unspecified atom stereocenters. The molecule has 18 heavy (non-hydrogen) atoms. The quantitative estimate of drug-likeness (QED) is 0.797. The summed E-state index contributed by atoms with van der Waals surface area (Å²) in [5.74, 6) is 0.897. The Bertz CT molecular complexity index is 625. The molecule has 0 bridgehead atoms. The van der Waals surface area contributed by atoms with Crippen molar-refractivity contribution in [3.63, 3.8) is 0 Å². The van der Waals surface area contributed by atoms with Crippen molar-refractivity contribution in [3.8, 4) is 11.4 Å². The van der Waals surface area contributed by atoms with Crippen LogP contribution >= 0.6 is 27.7 Å². The monoisotopic (exact) mass is 326 g/mol. The van der Waals surface area contributed by atoms with Crippen LogP contribution in [0.15, 0.2) is 34.5 Å². The molecule has 0 atom stereocenters. The van der Waals surface area contributed by atoms with Crippen LogP contribution in [-0.4, -0.2) is 31.7 Å². The van der Waals surface area contributed by atoms with Crippen LogP contribution < -0.4 is 0 Å². The van der Waals surface area contributed by atoms with Crippen LogP contribution in [0.25, 0.3) is 11.4 Å². The van der Waals surface area contributed by atoms with Crippen molar-refractivity contribution in [3.05, 3.63) is 30.1 Å². The maximum atomic E-state index is 13.8. The minimum atomic E-state index is -0.320. The van der Waals surface area contributed by atoms with E-state index in [2.05, 4.69) is 31.2 Å². The van der Waals surface area contributed by atoms with Gasteiger partial charge in [-0.2, -0.15) is 9.78 Å². The van der Waals surface area contributed by atoms with Crippen molar-refractivity contribution in [2.45, 2.75) is 5.16 Å². The van der Waals surface area contributed by atoms with E-state index >= 15 is 0 Å². The SMILES string of the molecule is Fc1ccccc1-c1nnc2n1N=C(CBr)CS2. The molecule has 2 heterocycles. The van der Waals surface area contributed by atoms with Crippen LogP contribution in [0, 0.1) is 5.82 Å². The molecule has 2 aromatic rings. The highest BCUT2D eigenvalue weighted by Crippen LogP contribution is 2.28. The van der Waals surface area contributed by atoms with E-state index in [-0.39, 0.29) is 5.82 Å². The summed E-state index contributed by atoms with van der Waals surface area (Å²) in [7, 11) is 0. The van der Waals surface area contributed by atoms with Crippen LogP contribution in [-0.2, 0) is 0 Å². The molecule has 0 fully saturated rings. The molecule has 1 aromatic heterocycles. The third-order valence-corrected chi connectivity index (χ3v) is 4.13. The van der Waals surface area contributed by atoms with Gasteiger partial charge in [-0.1, -0.05) is 39.8 Å². The Morgan fingerprint density at radius 3 is 2.94 bits per heavy atom. The Morgan fingerprint density at radius 1 is 1.33 bits per heavy atom. The molecule has 0 amide bonds. The van der Waals surface area contributed by atoms with Gasteiger partial charge in [0.05, 0.1) is 11.3 Å². The first-order valence-corrected chi connectivity index (χ1v) is 7.36. The van der Waals surface area contributed by atoms with E-state index in [1.165, 1.54) is 6.07 Å². The molecule has 0 saturated carbocycles. The second kappa shape index (κ2) is 4.81. The summed E-state index contributed by atoms with van der Waals surface area (Å²) < 4.78 is 15.4. The summed E-state index contributed by atoms with van der Waals surface area (Å²) in [4.78, 5) is 0. The molecule has 0 aliphatic carbocycles. The maximum absolute atomic E-state index is 13.8. The van der Waals surface area contributed by atoms with Gasteiger partial charge in [-0.15, -0.1) is 10.2 Å². The van der Waals surface area contributed by atoms with E-state index in [1.54, 1.807) is 34.6 Å². The van der Waals surface area contributed by atoms with Gasteiger partial charge in [0.1, 0.15) is 5.82 Å². The van der Waals surface area contributed by atoms with Crippen molar-refractivity contribution in [1.82, 2.24) is 14.9 Å². The normalized spacial score (nSPS) is 14.2. The molecule has 0 N–H and O–H groups in total. The van der Waals surface area contributed by atoms with Crippen LogP contribution in [0.2, 0.25) is 0 Å². The summed E-state index contributed by atoms with van der Waals surface area (Å²) in [5.41, 5.74) is 1.39. The number of alkyl halides is 1. The zero-order valence-electron chi connectivity index (χ0n) is 9.18. The van der Waals surface area contributed by atoms with Crippen molar-refractivity contribution in [2.24, 2.45) is 5.10 Å². The predicted molar refractivity (Wildman–Crippen MR) is 72.8 cm³/mol. The summed E-state index contributed by atoms with van der Waals surface area (Å²) in [6.45, 7) is 0. The van der Waals surface area contributed by atoms with Crippen LogP contribution in [0.3, 0.4) is 0 Å². The minimum absolute atomic E-state index is 0.320. The van der Waals surface area contributed by atoms with E-state index < -0.39 is 0 Å². The lowest BCUT2D eigenvalue weighted by atomic mass is 10.2. The molecule has 7 heteroatoms. The van der Waals surface area contributed by atoms with Gasteiger partial charge in [-0.05, 0) is 12.1 Å². The van der Waals surface area contributed by atoms with E-state index in [9.17, 15) is 4.39 Å². The minimum Gasteiger partial charge on any atom is -0.206 e. The van der Waals surface area contributed by atoms with E-state index in [0.717, 1.165) is 11.5 Å². The predicted octanol–water partition coefficient (Wildman–Crippen LogP) is 2.79. The van der Waals surface area contributed by atoms with E-state index in [1.807, 2.05) is 0 Å². The lowest BCUT2D eigenvalue weighted by Crippen LogP contribution is -2.13. The number of halogens is 2. The Hall–Kier alpha value is -1.21. The van der Waals surface area contributed by atoms with Gasteiger partial charge < -0.3 is 0 Å². The number of hydrogen-bond donors (Lipinski definition) is 0. The van der Waals surface area contributed by atoms with Crippen molar-refractivity contribution in [2.75, 3.05) is 11.1 Å². The fourth-order valence-corrected chi connectivity index (χ4v) is 3.02. The highest BCUT2D eigenvalue weighted by atomic mass is 79.9. The Morgan fingerprint density at radius 2 is 2.17 bits per heavy atom. The average molecular weight is 327 g/mol. The molecule has 1 aliphatic rings. The summed E-state index contributed by atoms with van der Waals surface area (Å²) in [6, 6.07) is 6.50. The number of nitrogens with zero attached hydrogens (tertiary/aromatic N) is 4. The molecule has 0 spiro atoms. The number of hydrogen-bond acceptors (Lipinski definition) is 4.